The standard InChI is InChI=1S/C9H15N3O/c1-12-5-2-9(11-12)10-8-3-6-13-7-4-8/h2,5,8H,3-4,6-7H2,1H3,(H,10,11). The molecule has 1 aromatic rings. The zero-order valence-corrected chi connectivity index (χ0v) is 7.86. The minimum absolute atomic E-state index is 0.531. The molecule has 0 unspecified atom stereocenters. The fraction of sp³-hybridized carbons (Fsp3) is 0.667. The van der Waals surface area contributed by atoms with E-state index in [1.807, 2.05) is 24.0 Å². The van der Waals surface area contributed by atoms with Gasteiger partial charge in [-0.2, -0.15) is 5.10 Å². The van der Waals surface area contributed by atoms with E-state index in [0.29, 0.717) is 6.04 Å². The smallest absolute Gasteiger partial charge is 0.148 e. The Balaban J connectivity index is 1.89. The maximum atomic E-state index is 5.28. The van der Waals surface area contributed by atoms with Crippen molar-refractivity contribution >= 4 is 5.82 Å². The van der Waals surface area contributed by atoms with Crippen molar-refractivity contribution in [2.24, 2.45) is 7.05 Å². The first-order chi connectivity index (χ1) is 6.34. The highest BCUT2D eigenvalue weighted by molar-refractivity contribution is 5.33. The van der Waals surface area contributed by atoms with E-state index in [2.05, 4.69) is 10.4 Å². The summed E-state index contributed by atoms with van der Waals surface area (Å²) in [5, 5.41) is 7.66. The van der Waals surface area contributed by atoms with Crippen molar-refractivity contribution in [2.75, 3.05) is 18.5 Å². The van der Waals surface area contributed by atoms with Gasteiger partial charge in [-0.25, -0.2) is 0 Å². The summed E-state index contributed by atoms with van der Waals surface area (Å²) in [6.07, 6.45) is 4.11. The van der Waals surface area contributed by atoms with Crippen LogP contribution in [0.4, 0.5) is 5.82 Å². The third kappa shape index (κ3) is 2.21. The SMILES string of the molecule is Cn1ccc(NC2CCOCC2)n1. The van der Waals surface area contributed by atoms with Crippen LogP contribution in [0.1, 0.15) is 12.8 Å². The number of aromatic nitrogens is 2. The van der Waals surface area contributed by atoms with Gasteiger partial charge in [0.1, 0.15) is 5.82 Å². The van der Waals surface area contributed by atoms with Crippen LogP contribution in [0.15, 0.2) is 12.3 Å². The van der Waals surface area contributed by atoms with E-state index < -0.39 is 0 Å². The monoisotopic (exact) mass is 181 g/mol. The Labute approximate surface area is 77.9 Å². The maximum absolute atomic E-state index is 5.28. The van der Waals surface area contributed by atoms with E-state index in [-0.39, 0.29) is 0 Å². The van der Waals surface area contributed by atoms with E-state index in [1.165, 1.54) is 0 Å². The molecule has 2 heterocycles. The summed E-state index contributed by atoms with van der Waals surface area (Å²) in [4.78, 5) is 0. The molecule has 13 heavy (non-hydrogen) atoms. The molecular weight excluding hydrogens is 166 g/mol. The molecule has 0 amide bonds. The molecule has 0 atom stereocenters. The van der Waals surface area contributed by atoms with Crippen LogP contribution < -0.4 is 5.32 Å². The molecule has 72 valence electrons. The summed E-state index contributed by atoms with van der Waals surface area (Å²) in [5.41, 5.74) is 0. The Morgan fingerprint density at radius 3 is 2.92 bits per heavy atom. The average molecular weight is 181 g/mol. The molecule has 1 aliphatic heterocycles. The number of anilines is 1. The predicted octanol–water partition coefficient (Wildman–Crippen LogP) is 1.01. The van der Waals surface area contributed by atoms with Gasteiger partial charge in [0.25, 0.3) is 0 Å². The van der Waals surface area contributed by atoms with E-state index in [0.717, 1.165) is 31.9 Å². The Kier molecular flexibility index (Phi) is 2.49. The summed E-state index contributed by atoms with van der Waals surface area (Å²) in [6, 6.07) is 2.53. The lowest BCUT2D eigenvalue weighted by atomic mass is 10.1. The van der Waals surface area contributed by atoms with Crippen molar-refractivity contribution in [1.82, 2.24) is 9.78 Å². The maximum Gasteiger partial charge on any atom is 0.148 e. The van der Waals surface area contributed by atoms with Gasteiger partial charge in [-0.15, -0.1) is 0 Å². The van der Waals surface area contributed by atoms with E-state index in [9.17, 15) is 0 Å². The summed E-state index contributed by atoms with van der Waals surface area (Å²) in [5.74, 6) is 0.967. The van der Waals surface area contributed by atoms with Gasteiger partial charge in [-0.1, -0.05) is 0 Å². The first-order valence-electron chi connectivity index (χ1n) is 4.68. The fourth-order valence-electron chi connectivity index (χ4n) is 1.54. The average Bonchev–Trinajstić information content (AvgIpc) is 2.53. The highest BCUT2D eigenvalue weighted by Gasteiger charge is 2.13. The van der Waals surface area contributed by atoms with Crippen LogP contribution in [0.5, 0.6) is 0 Å². The van der Waals surface area contributed by atoms with Crippen LogP contribution >= 0.6 is 0 Å². The molecule has 0 spiro atoms. The normalized spacial score (nSPS) is 18.8. The van der Waals surface area contributed by atoms with Crippen molar-refractivity contribution in [3.8, 4) is 0 Å². The molecule has 0 bridgehead atoms. The lowest BCUT2D eigenvalue weighted by molar-refractivity contribution is 0.0904. The van der Waals surface area contributed by atoms with Crippen molar-refractivity contribution in [2.45, 2.75) is 18.9 Å². The van der Waals surface area contributed by atoms with Crippen LogP contribution in [-0.4, -0.2) is 29.0 Å². The molecule has 0 radical (unpaired) electrons. The lowest BCUT2D eigenvalue weighted by Gasteiger charge is -2.22. The number of nitrogens with zero attached hydrogens (tertiary/aromatic N) is 2. The van der Waals surface area contributed by atoms with Gasteiger partial charge in [0, 0.05) is 38.6 Å². The van der Waals surface area contributed by atoms with Crippen LogP contribution in [0.3, 0.4) is 0 Å². The van der Waals surface area contributed by atoms with Crippen molar-refractivity contribution in [3.05, 3.63) is 12.3 Å². The fourth-order valence-corrected chi connectivity index (χ4v) is 1.54. The molecule has 4 nitrogen and oxygen atoms in total. The van der Waals surface area contributed by atoms with Crippen molar-refractivity contribution < 1.29 is 4.74 Å². The van der Waals surface area contributed by atoms with Crippen molar-refractivity contribution in [3.63, 3.8) is 0 Å². The lowest BCUT2D eigenvalue weighted by Crippen LogP contribution is -2.28. The molecule has 1 fully saturated rings. The molecule has 0 saturated carbocycles. The highest BCUT2D eigenvalue weighted by atomic mass is 16.5. The van der Waals surface area contributed by atoms with E-state index >= 15 is 0 Å². The predicted molar refractivity (Wildman–Crippen MR) is 50.7 cm³/mol. The van der Waals surface area contributed by atoms with Gasteiger partial charge >= 0.3 is 0 Å². The largest absolute Gasteiger partial charge is 0.381 e. The second-order valence-electron chi connectivity index (χ2n) is 3.41. The third-order valence-corrected chi connectivity index (χ3v) is 2.29. The van der Waals surface area contributed by atoms with Gasteiger partial charge in [0.15, 0.2) is 0 Å². The van der Waals surface area contributed by atoms with Crippen LogP contribution in [0, 0.1) is 0 Å². The first-order valence-corrected chi connectivity index (χ1v) is 4.68. The van der Waals surface area contributed by atoms with Gasteiger partial charge < -0.3 is 10.1 Å². The molecule has 1 saturated heterocycles. The number of hydrogen-bond donors (Lipinski definition) is 1. The summed E-state index contributed by atoms with van der Waals surface area (Å²) in [6.45, 7) is 1.73. The number of aryl methyl sites for hydroxylation is 1. The van der Waals surface area contributed by atoms with Gasteiger partial charge in [-0.3, -0.25) is 4.68 Å². The molecule has 1 aliphatic rings. The quantitative estimate of drug-likeness (QED) is 0.740. The Hall–Kier alpha value is -1.03. The van der Waals surface area contributed by atoms with Gasteiger partial charge in [-0.05, 0) is 12.8 Å². The number of ether oxygens (including phenoxy) is 1. The topological polar surface area (TPSA) is 39.1 Å². The highest BCUT2D eigenvalue weighted by Crippen LogP contribution is 2.12. The molecule has 4 heteroatoms. The molecule has 2 rings (SSSR count). The Bertz CT molecular complexity index is 266. The summed E-state index contributed by atoms with van der Waals surface area (Å²) in [7, 11) is 1.93. The van der Waals surface area contributed by atoms with Crippen LogP contribution in [0.25, 0.3) is 0 Å². The zero-order chi connectivity index (χ0) is 9.10. The third-order valence-electron chi connectivity index (χ3n) is 2.29. The minimum atomic E-state index is 0.531. The zero-order valence-electron chi connectivity index (χ0n) is 7.86. The summed E-state index contributed by atoms with van der Waals surface area (Å²) >= 11 is 0. The van der Waals surface area contributed by atoms with E-state index in [1.54, 1.807) is 0 Å². The van der Waals surface area contributed by atoms with Crippen LogP contribution in [0.2, 0.25) is 0 Å². The summed E-state index contributed by atoms with van der Waals surface area (Å²) < 4.78 is 7.08. The number of hydrogen-bond acceptors (Lipinski definition) is 3. The molecule has 0 aliphatic carbocycles. The number of nitrogens with one attached hydrogen (secondary N) is 1. The van der Waals surface area contributed by atoms with Crippen LogP contribution in [-0.2, 0) is 11.8 Å². The molecule has 0 aromatic carbocycles. The van der Waals surface area contributed by atoms with Crippen molar-refractivity contribution in [1.29, 1.82) is 0 Å². The van der Waals surface area contributed by atoms with Gasteiger partial charge in [0.2, 0.25) is 0 Å². The van der Waals surface area contributed by atoms with Gasteiger partial charge in [0.05, 0.1) is 0 Å². The second kappa shape index (κ2) is 3.79. The Morgan fingerprint density at radius 1 is 1.54 bits per heavy atom. The van der Waals surface area contributed by atoms with E-state index in [4.69, 9.17) is 4.74 Å². The molecular formula is C9H15N3O. The minimum Gasteiger partial charge on any atom is -0.381 e. The Morgan fingerprint density at radius 2 is 2.31 bits per heavy atom. The number of rotatable bonds is 2. The molecule has 1 aromatic heterocycles. The molecule has 1 N–H and O–H groups in total. The first kappa shape index (κ1) is 8.56. The second-order valence-corrected chi connectivity index (χ2v) is 3.41.